The second kappa shape index (κ2) is 8.09. The first-order valence-corrected chi connectivity index (χ1v) is 13.1. The molecule has 0 aromatic carbocycles. The molecule has 0 bridgehead atoms. The highest BCUT2D eigenvalue weighted by atomic mass is 32.2. The first kappa shape index (κ1) is 21.2. The van der Waals surface area contributed by atoms with Crippen LogP contribution in [0.3, 0.4) is 0 Å². The third kappa shape index (κ3) is 4.91. The predicted octanol–water partition coefficient (Wildman–Crippen LogP) is 0.511. The highest BCUT2D eigenvalue weighted by Crippen LogP contribution is 2.29. The van der Waals surface area contributed by atoms with Gasteiger partial charge in [-0.15, -0.1) is 11.3 Å². The molecule has 156 valence electrons. The fraction of sp³-hybridized carbons (Fsp3) is 0.625. The maximum absolute atomic E-state index is 12.8. The lowest BCUT2D eigenvalue weighted by molar-refractivity contribution is -0.139. The number of esters is 1. The molecule has 2 heterocycles. The number of ether oxygens (including phenoxy) is 1. The van der Waals surface area contributed by atoms with E-state index in [9.17, 15) is 26.4 Å². The summed E-state index contributed by atoms with van der Waals surface area (Å²) in [6, 6.07) is 0.666. The summed E-state index contributed by atoms with van der Waals surface area (Å²) in [4.78, 5) is 26.5. The smallest absolute Gasteiger partial charge is 0.339 e. The number of hydrogen-bond acceptors (Lipinski definition) is 8. The van der Waals surface area contributed by atoms with Gasteiger partial charge >= 0.3 is 5.97 Å². The van der Waals surface area contributed by atoms with Crippen LogP contribution >= 0.6 is 11.3 Å². The van der Waals surface area contributed by atoms with Crippen molar-refractivity contribution in [1.82, 2.24) is 4.90 Å². The summed E-state index contributed by atoms with van der Waals surface area (Å²) in [5.41, 5.74) is -0.00214. The van der Waals surface area contributed by atoms with Gasteiger partial charge in [-0.2, -0.15) is 0 Å². The molecule has 12 heteroatoms. The van der Waals surface area contributed by atoms with Crippen molar-refractivity contribution >= 4 is 43.1 Å². The maximum atomic E-state index is 12.8. The van der Waals surface area contributed by atoms with Crippen LogP contribution in [0.15, 0.2) is 15.7 Å². The zero-order chi connectivity index (χ0) is 20.5. The molecule has 0 spiro atoms. The van der Waals surface area contributed by atoms with Gasteiger partial charge in [-0.25, -0.2) is 26.8 Å². The van der Waals surface area contributed by atoms with Gasteiger partial charge in [-0.3, -0.25) is 4.79 Å². The lowest BCUT2D eigenvalue weighted by Gasteiger charge is -2.33. The van der Waals surface area contributed by atoms with E-state index in [-0.39, 0.29) is 27.3 Å². The summed E-state index contributed by atoms with van der Waals surface area (Å²) in [5, 5.41) is 6.31. The standard InChI is InChI=1S/C16H22N2O7S3/c17-28(23,24)15-7-11(9-26-15)16(20)25-8-14(19)18(12-3-1-2-4-12)13-5-6-27(21,22)10-13/h7,9,12-13H,1-6,8,10H2,(H2,17,23,24)/t13-/m0/s1. The molecule has 1 aromatic heterocycles. The van der Waals surface area contributed by atoms with Crippen LogP contribution in [0.1, 0.15) is 42.5 Å². The molecule has 1 aliphatic carbocycles. The largest absolute Gasteiger partial charge is 0.452 e. The van der Waals surface area contributed by atoms with Crippen LogP contribution in [-0.4, -0.2) is 63.8 Å². The molecule has 0 radical (unpaired) electrons. The number of nitrogens with two attached hydrogens (primary N) is 1. The van der Waals surface area contributed by atoms with Gasteiger partial charge in [0.2, 0.25) is 10.0 Å². The van der Waals surface area contributed by atoms with E-state index in [0.717, 1.165) is 43.1 Å². The number of rotatable bonds is 6. The molecule has 9 nitrogen and oxygen atoms in total. The van der Waals surface area contributed by atoms with Crippen LogP contribution in [0.25, 0.3) is 0 Å². The molecule has 3 rings (SSSR count). The van der Waals surface area contributed by atoms with Crippen LogP contribution < -0.4 is 5.14 Å². The Labute approximate surface area is 167 Å². The summed E-state index contributed by atoms with van der Waals surface area (Å²) in [6.45, 7) is -0.521. The first-order valence-electron chi connectivity index (χ1n) is 8.87. The molecule has 1 atom stereocenters. The predicted molar refractivity (Wildman–Crippen MR) is 102 cm³/mol. The number of primary sulfonamides is 1. The molecule has 1 saturated heterocycles. The van der Waals surface area contributed by atoms with E-state index in [1.54, 1.807) is 4.90 Å². The Bertz CT molecular complexity index is 962. The third-order valence-corrected chi connectivity index (χ3v) is 9.16. The van der Waals surface area contributed by atoms with Gasteiger partial charge in [-0.05, 0) is 25.3 Å². The van der Waals surface area contributed by atoms with E-state index in [2.05, 4.69) is 0 Å². The zero-order valence-electron chi connectivity index (χ0n) is 15.1. The first-order chi connectivity index (χ1) is 13.1. The Morgan fingerprint density at radius 3 is 2.43 bits per heavy atom. The van der Waals surface area contributed by atoms with E-state index in [1.165, 1.54) is 5.38 Å². The Balaban J connectivity index is 1.66. The van der Waals surface area contributed by atoms with E-state index in [4.69, 9.17) is 9.88 Å². The van der Waals surface area contributed by atoms with Crippen molar-refractivity contribution in [3.05, 3.63) is 17.0 Å². The van der Waals surface area contributed by atoms with Gasteiger partial charge in [-0.1, -0.05) is 12.8 Å². The second-order valence-corrected chi connectivity index (χ2v) is 12.0. The highest BCUT2D eigenvalue weighted by molar-refractivity contribution is 7.91. The fourth-order valence-electron chi connectivity index (χ4n) is 3.74. The van der Waals surface area contributed by atoms with Gasteiger partial charge in [0.05, 0.1) is 17.1 Å². The lowest BCUT2D eigenvalue weighted by Crippen LogP contribution is -2.48. The van der Waals surface area contributed by atoms with Crippen molar-refractivity contribution in [2.45, 2.75) is 48.4 Å². The minimum Gasteiger partial charge on any atom is -0.452 e. The number of sulfone groups is 1. The number of nitrogens with zero attached hydrogens (tertiary/aromatic N) is 1. The fourth-order valence-corrected chi connectivity index (χ4v) is 7.03. The molecule has 0 unspecified atom stereocenters. The highest BCUT2D eigenvalue weighted by Gasteiger charge is 2.39. The van der Waals surface area contributed by atoms with Gasteiger partial charge in [0.15, 0.2) is 16.4 Å². The Hall–Kier alpha value is -1.50. The molecule has 1 saturated carbocycles. The Kier molecular flexibility index (Phi) is 6.13. The van der Waals surface area contributed by atoms with Crippen LogP contribution in [0.5, 0.6) is 0 Å². The quantitative estimate of drug-likeness (QED) is 0.623. The van der Waals surface area contributed by atoms with E-state index in [1.807, 2.05) is 0 Å². The summed E-state index contributed by atoms with van der Waals surface area (Å²) in [7, 11) is -7.07. The Morgan fingerprint density at radius 2 is 1.89 bits per heavy atom. The number of thiophene rings is 1. The van der Waals surface area contributed by atoms with E-state index >= 15 is 0 Å². The zero-order valence-corrected chi connectivity index (χ0v) is 17.5. The van der Waals surface area contributed by atoms with Crippen molar-refractivity contribution < 1.29 is 31.2 Å². The molecular weight excluding hydrogens is 428 g/mol. The third-order valence-electron chi connectivity index (χ3n) is 5.03. The molecule has 1 amide bonds. The summed E-state index contributed by atoms with van der Waals surface area (Å²) in [5.74, 6) is -1.26. The lowest BCUT2D eigenvalue weighted by atomic mass is 10.1. The molecule has 2 fully saturated rings. The molecule has 1 aliphatic heterocycles. The van der Waals surface area contributed by atoms with Crippen molar-refractivity contribution in [3.8, 4) is 0 Å². The number of amides is 1. The van der Waals surface area contributed by atoms with Gasteiger partial charge in [0.1, 0.15) is 4.21 Å². The number of carbonyl (C=O) groups is 2. The van der Waals surface area contributed by atoms with Gasteiger partial charge < -0.3 is 9.64 Å². The van der Waals surface area contributed by atoms with Gasteiger partial charge in [0.25, 0.3) is 5.91 Å². The maximum Gasteiger partial charge on any atom is 0.339 e. The van der Waals surface area contributed by atoms with Crippen LogP contribution in [0.4, 0.5) is 0 Å². The number of sulfonamides is 1. The average molecular weight is 451 g/mol. The summed E-state index contributed by atoms with van der Waals surface area (Å²) >= 11 is 0.790. The topological polar surface area (TPSA) is 141 Å². The van der Waals surface area contributed by atoms with Crippen molar-refractivity contribution in [2.24, 2.45) is 5.14 Å². The van der Waals surface area contributed by atoms with Crippen LogP contribution in [0.2, 0.25) is 0 Å². The SMILES string of the molecule is NS(=O)(=O)c1cc(C(=O)OCC(=O)N(C2CCCC2)[C@H]2CCS(=O)(=O)C2)cs1. The monoisotopic (exact) mass is 450 g/mol. The minimum atomic E-state index is -3.91. The minimum absolute atomic E-state index is 0.00214. The normalized spacial score (nSPS) is 22.2. The molecule has 2 aliphatic rings. The Morgan fingerprint density at radius 1 is 1.21 bits per heavy atom. The summed E-state index contributed by atoms with van der Waals surface area (Å²) < 4.78 is 51.2. The summed E-state index contributed by atoms with van der Waals surface area (Å²) in [6.07, 6.45) is 3.94. The average Bonchev–Trinajstić information content (AvgIpc) is 3.33. The number of carbonyl (C=O) groups excluding carboxylic acids is 2. The van der Waals surface area contributed by atoms with Crippen molar-refractivity contribution in [3.63, 3.8) is 0 Å². The van der Waals surface area contributed by atoms with Crippen molar-refractivity contribution in [2.75, 3.05) is 18.1 Å². The van der Waals surface area contributed by atoms with Crippen molar-refractivity contribution in [1.29, 1.82) is 0 Å². The molecule has 28 heavy (non-hydrogen) atoms. The van der Waals surface area contributed by atoms with Crippen LogP contribution in [0, 0.1) is 0 Å². The molecule has 1 aromatic rings. The van der Waals surface area contributed by atoms with Crippen LogP contribution in [-0.2, 0) is 29.4 Å². The molecular formula is C16H22N2O7S3. The van der Waals surface area contributed by atoms with Gasteiger partial charge in [0, 0.05) is 17.5 Å². The number of hydrogen-bond donors (Lipinski definition) is 1. The molecule has 2 N–H and O–H groups in total. The van der Waals surface area contributed by atoms with E-state index in [0.29, 0.717) is 6.42 Å². The van der Waals surface area contributed by atoms with E-state index < -0.39 is 44.4 Å². The second-order valence-electron chi connectivity index (χ2n) is 7.07.